The molecule has 0 radical (unpaired) electrons. The molecule has 1 saturated heterocycles. The minimum atomic E-state index is 0. The van der Waals surface area contributed by atoms with Crippen molar-refractivity contribution in [3.05, 3.63) is 11.7 Å². The normalized spacial score (nSPS) is 29.0. The maximum absolute atomic E-state index is 6.01. The fraction of sp³-hybridized carbons (Fsp3) is 0.833. The molecule has 102 valence electrons. The van der Waals surface area contributed by atoms with E-state index in [0.717, 1.165) is 37.8 Å². The Morgan fingerprint density at radius 3 is 2.83 bits per heavy atom. The van der Waals surface area contributed by atoms with E-state index >= 15 is 0 Å². The molecule has 18 heavy (non-hydrogen) atoms. The molecule has 2 atom stereocenters. The van der Waals surface area contributed by atoms with Crippen molar-refractivity contribution in [1.29, 1.82) is 0 Å². The van der Waals surface area contributed by atoms with Crippen molar-refractivity contribution < 1.29 is 4.52 Å². The molecule has 2 heterocycles. The molecule has 0 bridgehead atoms. The molecule has 1 aliphatic carbocycles. The smallest absolute Gasteiger partial charge is 0.229 e. The second-order valence-electron chi connectivity index (χ2n) is 5.49. The molecule has 0 spiro atoms. The molecule has 1 saturated carbocycles. The number of hydrogen-bond acceptors (Lipinski definition) is 5. The Kier molecular flexibility index (Phi) is 4.25. The van der Waals surface area contributed by atoms with Crippen LogP contribution >= 0.6 is 12.4 Å². The number of aromatic nitrogens is 2. The van der Waals surface area contributed by atoms with E-state index in [4.69, 9.17) is 10.3 Å². The van der Waals surface area contributed by atoms with E-state index in [-0.39, 0.29) is 12.4 Å². The number of rotatable bonds is 3. The van der Waals surface area contributed by atoms with Crippen molar-refractivity contribution in [2.45, 2.75) is 44.7 Å². The van der Waals surface area contributed by atoms with Crippen molar-refractivity contribution in [2.24, 2.45) is 11.7 Å². The summed E-state index contributed by atoms with van der Waals surface area (Å²) in [7, 11) is 0. The van der Waals surface area contributed by atoms with Crippen molar-refractivity contribution in [2.75, 3.05) is 13.1 Å². The van der Waals surface area contributed by atoms with E-state index in [1.165, 1.54) is 12.8 Å². The fourth-order valence-electron chi connectivity index (χ4n) is 2.42. The number of hydrogen-bond donors (Lipinski definition) is 1. The average molecular weight is 273 g/mol. The lowest BCUT2D eigenvalue weighted by Gasteiger charge is -2.34. The van der Waals surface area contributed by atoms with Gasteiger partial charge in [0.2, 0.25) is 5.89 Å². The average Bonchev–Trinajstić information content (AvgIpc) is 3.06. The second-order valence-corrected chi connectivity index (χ2v) is 5.49. The lowest BCUT2D eigenvalue weighted by molar-refractivity contribution is 0.153. The summed E-state index contributed by atoms with van der Waals surface area (Å²) in [6.07, 6.45) is 3.48. The molecule has 3 rings (SSSR count). The fourth-order valence-corrected chi connectivity index (χ4v) is 2.42. The van der Waals surface area contributed by atoms with E-state index in [2.05, 4.69) is 22.0 Å². The van der Waals surface area contributed by atoms with E-state index in [0.29, 0.717) is 17.9 Å². The second kappa shape index (κ2) is 5.55. The first kappa shape index (κ1) is 13.8. The number of likely N-dealkylation sites (tertiary alicyclic amines) is 1. The summed E-state index contributed by atoms with van der Waals surface area (Å²) in [4.78, 5) is 6.83. The maximum atomic E-state index is 6.01. The molecule has 2 N–H and O–H groups in total. The standard InChI is InChI=1S/C12H20N4O.ClH/c1-8-6-16(5-4-10(8)13)7-11-14-12(17-15-11)9-2-3-9;/h8-10H,2-7,13H2,1H3;1H. The van der Waals surface area contributed by atoms with Crippen LogP contribution in [0.2, 0.25) is 0 Å². The van der Waals surface area contributed by atoms with Gasteiger partial charge in [-0.3, -0.25) is 4.90 Å². The Bertz CT molecular complexity index is 393. The molecule has 2 unspecified atom stereocenters. The monoisotopic (exact) mass is 272 g/mol. The topological polar surface area (TPSA) is 68.2 Å². The molecule has 2 aliphatic rings. The quantitative estimate of drug-likeness (QED) is 0.904. The molecule has 2 fully saturated rings. The van der Waals surface area contributed by atoms with E-state index in [1.54, 1.807) is 0 Å². The van der Waals surface area contributed by atoms with Gasteiger partial charge >= 0.3 is 0 Å². The van der Waals surface area contributed by atoms with Gasteiger partial charge in [-0.2, -0.15) is 4.98 Å². The van der Waals surface area contributed by atoms with Gasteiger partial charge < -0.3 is 10.3 Å². The van der Waals surface area contributed by atoms with Gasteiger partial charge in [0.15, 0.2) is 5.82 Å². The van der Waals surface area contributed by atoms with Gasteiger partial charge in [-0.05, 0) is 25.2 Å². The Balaban J connectivity index is 0.00000120. The summed E-state index contributed by atoms with van der Waals surface area (Å²) in [5.74, 6) is 2.76. The van der Waals surface area contributed by atoms with Gasteiger partial charge in [0.05, 0.1) is 6.54 Å². The number of halogens is 1. The van der Waals surface area contributed by atoms with Gasteiger partial charge in [0.1, 0.15) is 0 Å². The highest BCUT2D eigenvalue weighted by Gasteiger charge is 2.30. The Morgan fingerprint density at radius 1 is 1.39 bits per heavy atom. The van der Waals surface area contributed by atoms with Crippen molar-refractivity contribution in [3.8, 4) is 0 Å². The highest BCUT2D eigenvalue weighted by atomic mass is 35.5. The van der Waals surface area contributed by atoms with E-state index < -0.39 is 0 Å². The molecular weight excluding hydrogens is 252 g/mol. The zero-order chi connectivity index (χ0) is 11.8. The summed E-state index contributed by atoms with van der Waals surface area (Å²) in [6.45, 7) is 5.09. The van der Waals surface area contributed by atoms with Gasteiger partial charge in [0, 0.05) is 25.0 Å². The Labute approximate surface area is 114 Å². The lowest BCUT2D eigenvalue weighted by atomic mass is 9.95. The molecule has 5 nitrogen and oxygen atoms in total. The third-order valence-corrected chi connectivity index (χ3v) is 3.83. The lowest BCUT2D eigenvalue weighted by Crippen LogP contribution is -2.45. The van der Waals surface area contributed by atoms with Gasteiger partial charge in [0.25, 0.3) is 0 Å². The van der Waals surface area contributed by atoms with Gasteiger partial charge in [-0.1, -0.05) is 12.1 Å². The zero-order valence-corrected chi connectivity index (χ0v) is 11.5. The third kappa shape index (κ3) is 3.02. The first-order valence-corrected chi connectivity index (χ1v) is 6.53. The Hall–Kier alpha value is -0.650. The van der Waals surface area contributed by atoms with E-state index in [1.807, 2.05) is 0 Å². The van der Waals surface area contributed by atoms with Crippen LogP contribution in [-0.2, 0) is 6.54 Å². The molecular formula is C12H21ClN4O. The summed E-state index contributed by atoms with van der Waals surface area (Å²) >= 11 is 0. The predicted octanol–water partition coefficient (Wildman–Crippen LogP) is 1.54. The summed E-state index contributed by atoms with van der Waals surface area (Å²) in [6, 6.07) is 0.346. The number of piperidine rings is 1. The first-order valence-electron chi connectivity index (χ1n) is 6.53. The van der Waals surface area contributed by atoms with Crippen LogP contribution in [0, 0.1) is 5.92 Å². The molecule has 1 aliphatic heterocycles. The van der Waals surface area contributed by atoms with Crippen LogP contribution in [-0.4, -0.2) is 34.2 Å². The highest BCUT2D eigenvalue weighted by Crippen LogP contribution is 2.38. The van der Waals surface area contributed by atoms with Crippen LogP contribution < -0.4 is 5.73 Å². The summed E-state index contributed by atoms with van der Waals surface area (Å²) < 4.78 is 5.27. The maximum Gasteiger partial charge on any atom is 0.229 e. The van der Waals surface area contributed by atoms with Crippen molar-refractivity contribution in [3.63, 3.8) is 0 Å². The molecule has 1 aromatic heterocycles. The minimum Gasteiger partial charge on any atom is -0.339 e. The van der Waals surface area contributed by atoms with Crippen LogP contribution in [0.25, 0.3) is 0 Å². The predicted molar refractivity (Wildman–Crippen MR) is 70.6 cm³/mol. The van der Waals surface area contributed by atoms with Crippen molar-refractivity contribution in [1.82, 2.24) is 15.0 Å². The SMILES string of the molecule is CC1CN(Cc2noc(C3CC3)n2)CCC1N.Cl. The summed E-state index contributed by atoms with van der Waals surface area (Å²) in [5.41, 5.74) is 6.01. The van der Waals surface area contributed by atoms with Crippen LogP contribution in [0.3, 0.4) is 0 Å². The van der Waals surface area contributed by atoms with Crippen LogP contribution in [0.15, 0.2) is 4.52 Å². The van der Waals surface area contributed by atoms with Crippen LogP contribution in [0.4, 0.5) is 0 Å². The molecule has 0 aromatic carbocycles. The Morgan fingerprint density at radius 2 is 2.17 bits per heavy atom. The molecule has 6 heteroatoms. The van der Waals surface area contributed by atoms with Crippen LogP contribution in [0.1, 0.15) is 43.8 Å². The third-order valence-electron chi connectivity index (χ3n) is 3.83. The van der Waals surface area contributed by atoms with Gasteiger partial charge in [-0.25, -0.2) is 0 Å². The van der Waals surface area contributed by atoms with E-state index in [9.17, 15) is 0 Å². The summed E-state index contributed by atoms with van der Waals surface area (Å²) in [5, 5.41) is 4.06. The van der Waals surface area contributed by atoms with Crippen LogP contribution in [0.5, 0.6) is 0 Å². The number of nitrogens with two attached hydrogens (primary N) is 1. The minimum absolute atomic E-state index is 0. The van der Waals surface area contributed by atoms with Gasteiger partial charge in [-0.15, -0.1) is 12.4 Å². The highest BCUT2D eigenvalue weighted by molar-refractivity contribution is 5.85. The largest absolute Gasteiger partial charge is 0.339 e. The first-order chi connectivity index (χ1) is 8.22. The number of nitrogens with zero attached hydrogens (tertiary/aromatic N) is 3. The molecule has 0 amide bonds. The molecule has 1 aromatic rings. The zero-order valence-electron chi connectivity index (χ0n) is 10.7. The van der Waals surface area contributed by atoms with Crippen molar-refractivity contribution >= 4 is 12.4 Å².